The highest BCUT2D eigenvalue weighted by Gasteiger charge is 2.22. The quantitative estimate of drug-likeness (QED) is 0.633. The first-order chi connectivity index (χ1) is 11.1. The number of aryl methyl sites for hydroxylation is 1. The van der Waals surface area contributed by atoms with E-state index in [1.54, 1.807) is 0 Å². The summed E-state index contributed by atoms with van der Waals surface area (Å²) in [5.74, 6) is 2.07. The summed E-state index contributed by atoms with van der Waals surface area (Å²) in [5.41, 5.74) is 2.30. The second-order valence-corrected chi connectivity index (χ2v) is 6.84. The molecule has 23 heavy (non-hydrogen) atoms. The summed E-state index contributed by atoms with van der Waals surface area (Å²) >= 11 is 0. The number of fused-ring (bicyclic) bond motifs is 1. The van der Waals surface area contributed by atoms with Gasteiger partial charge < -0.3 is 9.30 Å². The second kappa shape index (κ2) is 6.45. The Morgan fingerprint density at radius 2 is 1.65 bits per heavy atom. The Balaban J connectivity index is 1.74. The molecule has 120 valence electrons. The highest BCUT2D eigenvalue weighted by molar-refractivity contribution is 5.76. The van der Waals surface area contributed by atoms with Gasteiger partial charge in [0.2, 0.25) is 0 Å². The fourth-order valence-electron chi connectivity index (χ4n) is 2.80. The summed E-state index contributed by atoms with van der Waals surface area (Å²) in [5, 5.41) is 0. The normalized spacial score (nSPS) is 11.8. The Bertz CT molecular complexity index is 769. The molecule has 0 amide bonds. The molecule has 0 atom stereocenters. The van der Waals surface area contributed by atoms with E-state index in [4.69, 9.17) is 9.72 Å². The van der Waals surface area contributed by atoms with Gasteiger partial charge in [-0.25, -0.2) is 4.98 Å². The van der Waals surface area contributed by atoms with Crippen LogP contribution in [0.4, 0.5) is 0 Å². The van der Waals surface area contributed by atoms with Gasteiger partial charge in [0.25, 0.3) is 0 Å². The summed E-state index contributed by atoms with van der Waals surface area (Å²) in [6, 6.07) is 18.3. The molecule has 0 aliphatic carbocycles. The Labute approximate surface area is 137 Å². The first-order valence-electron chi connectivity index (χ1n) is 8.19. The van der Waals surface area contributed by atoms with Crippen LogP contribution >= 0.6 is 0 Å². The number of ether oxygens (including phenoxy) is 1. The third-order valence-electron chi connectivity index (χ3n) is 3.86. The molecule has 0 fully saturated rings. The lowest BCUT2D eigenvalue weighted by Gasteiger charge is -2.20. The first kappa shape index (κ1) is 15.6. The van der Waals surface area contributed by atoms with Crippen LogP contribution in [0, 0.1) is 0 Å². The van der Waals surface area contributed by atoms with Gasteiger partial charge in [-0.2, -0.15) is 0 Å². The molecule has 3 heteroatoms. The van der Waals surface area contributed by atoms with E-state index in [9.17, 15) is 0 Å². The molecule has 0 aliphatic rings. The Hall–Kier alpha value is -2.29. The van der Waals surface area contributed by atoms with Gasteiger partial charge in [-0.05, 0) is 30.7 Å². The molecule has 1 aromatic heterocycles. The second-order valence-electron chi connectivity index (χ2n) is 6.84. The van der Waals surface area contributed by atoms with Crippen LogP contribution in [0.1, 0.15) is 33.0 Å². The topological polar surface area (TPSA) is 27.1 Å². The minimum Gasteiger partial charge on any atom is -0.494 e. The zero-order valence-corrected chi connectivity index (χ0v) is 14.1. The molecule has 0 spiro atoms. The number of imidazole rings is 1. The maximum Gasteiger partial charge on any atom is 0.119 e. The lowest BCUT2D eigenvalue weighted by molar-refractivity contribution is 0.300. The Morgan fingerprint density at radius 1 is 0.957 bits per heavy atom. The lowest BCUT2D eigenvalue weighted by Crippen LogP contribution is -2.19. The van der Waals surface area contributed by atoms with Crippen molar-refractivity contribution in [2.45, 2.75) is 39.2 Å². The van der Waals surface area contributed by atoms with Gasteiger partial charge in [-0.3, -0.25) is 0 Å². The molecule has 0 unspecified atom stereocenters. The smallest absolute Gasteiger partial charge is 0.119 e. The van der Waals surface area contributed by atoms with Crippen LogP contribution in [0.2, 0.25) is 0 Å². The van der Waals surface area contributed by atoms with E-state index in [0.717, 1.165) is 30.1 Å². The summed E-state index contributed by atoms with van der Waals surface area (Å²) < 4.78 is 8.15. The molecule has 3 rings (SSSR count). The van der Waals surface area contributed by atoms with Gasteiger partial charge in [0.05, 0.1) is 17.6 Å². The molecular formula is C20H24N2O. The van der Waals surface area contributed by atoms with Crippen molar-refractivity contribution in [1.82, 2.24) is 9.55 Å². The molecule has 1 heterocycles. The molecule has 0 N–H and O–H groups in total. The van der Waals surface area contributed by atoms with Crippen molar-refractivity contribution < 1.29 is 4.74 Å². The number of para-hydroxylation sites is 3. The van der Waals surface area contributed by atoms with Gasteiger partial charge in [0, 0.05) is 12.0 Å². The number of benzene rings is 2. The first-order valence-corrected chi connectivity index (χ1v) is 8.19. The van der Waals surface area contributed by atoms with Crippen LogP contribution in [0.25, 0.3) is 11.0 Å². The van der Waals surface area contributed by atoms with E-state index in [-0.39, 0.29) is 5.41 Å². The molecule has 0 saturated heterocycles. The van der Waals surface area contributed by atoms with E-state index >= 15 is 0 Å². The number of aromatic nitrogens is 2. The monoisotopic (exact) mass is 308 g/mol. The zero-order valence-electron chi connectivity index (χ0n) is 14.1. The van der Waals surface area contributed by atoms with Crippen molar-refractivity contribution in [2.75, 3.05) is 6.61 Å². The predicted molar refractivity (Wildman–Crippen MR) is 95.0 cm³/mol. The average Bonchev–Trinajstić information content (AvgIpc) is 2.92. The van der Waals surface area contributed by atoms with Gasteiger partial charge in [0.15, 0.2) is 0 Å². The van der Waals surface area contributed by atoms with Crippen LogP contribution in [0.5, 0.6) is 5.75 Å². The number of hydrogen-bond acceptors (Lipinski definition) is 2. The van der Waals surface area contributed by atoms with Crippen LogP contribution in [0.3, 0.4) is 0 Å². The SMILES string of the molecule is CC(C)(C)c1nc2ccccc2n1CCCOc1ccccc1. The van der Waals surface area contributed by atoms with Crippen LogP contribution < -0.4 is 4.74 Å². The average molecular weight is 308 g/mol. The van der Waals surface area contributed by atoms with Crippen LogP contribution in [-0.4, -0.2) is 16.2 Å². The molecule has 3 aromatic rings. The maximum absolute atomic E-state index is 5.81. The Morgan fingerprint density at radius 3 is 2.39 bits per heavy atom. The molecule has 3 nitrogen and oxygen atoms in total. The fraction of sp³-hybridized carbons (Fsp3) is 0.350. The van der Waals surface area contributed by atoms with Gasteiger partial charge in [-0.1, -0.05) is 51.1 Å². The van der Waals surface area contributed by atoms with Crippen molar-refractivity contribution in [1.29, 1.82) is 0 Å². The number of nitrogens with zero attached hydrogens (tertiary/aromatic N) is 2. The molecule has 0 radical (unpaired) electrons. The third kappa shape index (κ3) is 3.55. The zero-order chi connectivity index (χ0) is 16.3. The Kier molecular flexibility index (Phi) is 4.37. The minimum absolute atomic E-state index is 0.0271. The van der Waals surface area contributed by atoms with E-state index in [2.05, 4.69) is 43.5 Å². The number of hydrogen-bond donors (Lipinski definition) is 0. The maximum atomic E-state index is 5.81. The molecule has 0 aliphatic heterocycles. The summed E-state index contributed by atoms with van der Waals surface area (Å²) in [4.78, 5) is 4.84. The standard InChI is InChI=1S/C20H24N2O/c1-20(2,3)19-21-17-12-7-8-13-18(17)22(19)14-9-15-23-16-10-5-4-6-11-16/h4-8,10-13H,9,14-15H2,1-3H3. The van der Waals surface area contributed by atoms with Gasteiger partial charge in [0.1, 0.15) is 11.6 Å². The summed E-state index contributed by atoms with van der Waals surface area (Å²) in [6.45, 7) is 8.27. The molecule has 2 aromatic carbocycles. The highest BCUT2D eigenvalue weighted by atomic mass is 16.5. The van der Waals surface area contributed by atoms with E-state index < -0.39 is 0 Å². The molecule has 0 saturated carbocycles. The van der Waals surface area contributed by atoms with Crippen molar-refractivity contribution in [3.63, 3.8) is 0 Å². The summed E-state index contributed by atoms with van der Waals surface area (Å²) in [7, 11) is 0. The van der Waals surface area contributed by atoms with Gasteiger partial charge >= 0.3 is 0 Å². The van der Waals surface area contributed by atoms with Crippen molar-refractivity contribution in [2.24, 2.45) is 0 Å². The molecular weight excluding hydrogens is 284 g/mol. The van der Waals surface area contributed by atoms with Crippen LogP contribution in [0.15, 0.2) is 54.6 Å². The van der Waals surface area contributed by atoms with E-state index in [1.807, 2.05) is 36.4 Å². The highest BCUT2D eigenvalue weighted by Crippen LogP contribution is 2.26. The largest absolute Gasteiger partial charge is 0.494 e. The van der Waals surface area contributed by atoms with E-state index in [0.29, 0.717) is 6.61 Å². The number of rotatable bonds is 5. The van der Waals surface area contributed by atoms with E-state index in [1.165, 1.54) is 5.52 Å². The minimum atomic E-state index is 0.0271. The third-order valence-corrected chi connectivity index (χ3v) is 3.86. The van der Waals surface area contributed by atoms with Crippen molar-refractivity contribution in [3.05, 3.63) is 60.4 Å². The van der Waals surface area contributed by atoms with Crippen molar-refractivity contribution in [3.8, 4) is 5.75 Å². The molecule has 0 bridgehead atoms. The predicted octanol–water partition coefficient (Wildman–Crippen LogP) is 4.80. The fourth-order valence-corrected chi connectivity index (χ4v) is 2.80. The van der Waals surface area contributed by atoms with Crippen LogP contribution in [-0.2, 0) is 12.0 Å². The van der Waals surface area contributed by atoms with Gasteiger partial charge in [-0.15, -0.1) is 0 Å². The van der Waals surface area contributed by atoms with Crippen molar-refractivity contribution >= 4 is 11.0 Å². The summed E-state index contributed by atoms with van der Waals surface area (Å²) in [6.07, 6.45) is 0.957. The lowest BCUT2D eigenvalue weighted by atomic mass is 9.95.